The van der Waals surface area contributed by atoms with Crippen LogP contribution in [0.1, 0.15) is 33.6 Å². The van der Waals surface area contributed by atoms with Crippen molar-refractivity contribution in [2.75, 3.05) is 0 Å². The van der Waals surface area contributed by atoms with Gasteiger partial charge in [-0.25, -0.2) is 18.4 Å². The third-order valence-electron chi connectivity index (χ3n) is 4.77. The Morgan fingerprint density at radius 2 is 1.64 bits per heavy atom. The smallest absolute Gasteiger partial charge is 0.345 e. The van der Waals surface area contributed by atoms with Crippen LogP contribution in [0.2, 0.25) is 0 Å². The van der Waals surface area contributed by atoms with E-state index in [9.17, 15) is 13.2 Å². The summed E-state index contributed by atoms with van der Waals surface area (Å²) < 4.78 is 28.4. The number of hydrogen-bond acceptors (Lipinski definition) is 5. The molecule has 1 aliphatic rings. The maximum atomic E-state index is 13.1. The average molecular weight is 414 g/mol. The second-order valence-corrected chi connectivity index (χ2v) is 9.35. The van der Waals surface area contributed by atoms with E-state index < -0.39 is 16.0 Å². The van der Waals surface area contributed by atoms with Gasteiger partial charge in [0.15, 0.2) is 0 Å². The number of benzene rings is 2. The summed E-state index contributed by atoms with van der Waals surface area (Å²) in [5, 5.41) is 5.11. The van der Waals surface area contributed by atoms with Crippen molar-refractivity contribution in [2.24, 2.45) is 5.14 Å². The van der Waals surface area contributed by atoms with Gasteiger partial charge in [0.1, 0.15) is 5.75 Å². The Bertz CT molecular complexity index is 1120. The van der Waals surface area contributed by atoms with Gasteiger partial charge in [-0.3, -0.25) is 0 Å². The molecule has 1 aromatic heterocycles. The molecule has 0 aliphatic heterocycles. The number of ether oxygens (including phenoxy) is 1. The van der Waals surface area contributed by atoms with Crippen molar-refractivity contribution < 1.29 is 17.9 Å². The molecule has 7 heteroatoms. The van der Waals surface area contributed by atoms with Crippen molar-refractivity contribution in [3.05, 3.63) is 70.6 Å². The molecule has 28 heavy (non-hydrogen) atoms. The maximum absolute atomic E-state index is 13.1. The van der Waals surface area contributed by atoms with E-state index >= 15 is 0 Å². The molecule has 144 valence electrons. The standard InChI is InChI=1S/C21H19NO4S2/c22-28(24,25)16-12-10-15(11-13-16)26-21(23)19-17-8-4-5-9-18(17)27-20(19)14-6-2-1-3-7-14/h1-3,6-7,10-13H,4-5,8-9H2,(H2,22,24,25). The molecule has 1 heterocycles. The molecule has 4 rings (SSSR count). The van der Waals surface area contributed by atoms with Gasteiger partial charge in [-0.1, -0.05) is 30.3 Å². The highest BCUT2D eigenvalue weighted by atomic mass is 32.2. The van der Waals surface area contributed by atoms with Crippen LogP contribution < -0.4 is 9.88 Å². The minimum atomic E-state index is -3.78. The van der Waals surface area contributed by atoms with E-state index in [2.05, 4.69) is 0 Å². The van der Waals surface area contributed by atoms with Gasteiger partial charge in [-0.05, 0) is 61.1 Å². The lowest BCUT2D eigenvalue weighted by Gasteiger charge is -2.13. The molecule has 0 amide bonds. The van der Waals surface area contributed by atoms with Crippen LogP contribution in [0.3, 0.4) is 0 Å². The highest BCUT2D eigenvalue weighted by Gasteiger charge is 2.27. The Morgan fingerprint density at radius 1 is 0.964 bits per heavy atom. The van der Waals surface area contributed by atoms with E-state index in [-0.39, 0.29) is 10.6 Å². The predicted octanol–water partition coefficient (Wildman–Crippen LogP) is 4.16. The molecule has 0 unspecified atom stereocenters. The van der Waals surface area contributed by atoms with Crippen molar-refractivity contribution >= 4 is 27.3 Å². The van der Waals surface area contributed by atoms with Crippen molar-refractivity contribution in [3.63, 3.8) is 0 Å². The van der Waals surface area contributed by atoms with E-state index in [0.717, 1.165) is 41.7 Å². The fraction of sp³-hybridized carbons (Fsp3) is 0.190. The summed E-state index contributed by atoms with van der Waals surface area (Å²) in [5.41, 5.74) is 2.71. The number of sulfonamides is 1. The number of carbonyl (C=O) groups is 1. The van der Waals surface area contributed by atoms with Crippen molar-refractivity contribution in [1.82, 2.24) is 0 Å². The van der Waals surface area contributed by atoms with Crippen LogP contribution in [0, 0.1) is 0 Å². The molecule has 0 spiro atoms. The van der Waals surface area contributed by atoms with Crippen molar-refractivity contribution in [2.45, 2.75) is 30.6 Å². The fourth-order valence-corrected chi connectivity index (χ4v) is 5.33. The first-order valence-electron chi connectivity index (χ1n) is 8.98. The molecular weight excluding hydrogens is 394 g/mol. The summed E-state index contributed by atoms with van der Waals surface area (Å²) in [5.74, 6) is -0.131. The van der Waals surface area contributed by atoms with E-state index in [1.807, 2.05) is 30.3 Å². The van der Waals surface area contributed by atoms with Gasteiger partial charge in [0.05, 0.1) is 10.5 Å². The summed E-state index contributed by atoms with van der Waals surface area (Å²) in [6.07, 6.45) is 4.04. The molecule has 0 bridgehead atoms. The molecule has 2 N–H and O–H groups in total. The first-order valence-corrected chi connectivity index (χ1v) is 11.3. The second-order valence-electron chi connectivity index (χ2n) is 6.69. The molecule has 0 fully saturated rings. The highest BCUT2D eigenvalue weighted by Crippen LogP contribution is 2.40. The lowest BCUT2D eigenvalue weighted by molar-refractivity contribution is 0.0734. The summed E-state index contributed by atoms with van der Waals surface area (Å²) in [7, 11) is -3.78. The molecule has 2 aromatic carbocycles. The Morgan fingerprint density at radius 3 is 2.32 bits per heavy atom. The van der Waals surface area contributed by atoms with Gasteiger partial charge in [0.2, 0.25) is 10.0 Å². The summed E-state index contributed by atoms with van der Waals surface area (Å²) in [6.45, 7) is 0. The first kappa shape index (κ1) is 18.9. The van der Waals surface area contributed by atoms with E-state index in [1.54, 1.807) is 11.3 Å². The number of thiophene rings is 1. The molecular formula is C21H19NO4S2. The molecule has 0 radical (unpaired) electrons. The lowest BCUT2D eigenvalue weighted by Crippen LogP contribution is -2.14. The van der Waals surface area contributed by atoms with Crippen LogP contribution in [0.4, 0.5) is 0 Å². The fourth-order valence-electron chi connectivity index (χ4n) is 3.43. The average Bonchev–Trinajstić information content (AvgIpc) is 3.08. The van der Waals surface area contributed by atoms with Crippen LogP contribution in [0.15, 0.2) is 59.5 Å². The van der Waals surface area contributed by atoms with Gasteiger partial charge in [0.25, 0.3) is 0 Å². The second kappa shape index (κ2) is 7.50. The van der Waals surface area contributed by atoms with Gasteiger partial charge >= 0.3 is 5.97 Å². The number of nitrogens with two attached hydrogens (primary N) is 1. The summed E-state index contributed by atoms with van der Waals surface area (Å²) >= 11 is 1.66. The monoisotopic (exact) mass is 413 g/mol. The topological polar surface area (TPSA) is 86.5 Å². The molecule has 0 saturated heterocycles. The Hall–Kier alpha value is -2.48. The zero-order valence-corrected chi connectivity index (χ0v) is 16.7. The Balaban J connectivity index is 1.70. The maximum Gasteiger partial charge on any atom is 0.345 e. The SMILES string of the molecule is NS(=O)(=O)c1ccc(OC(=O)c2c(-c3ccccc3)sc3c2CCCC3)cc1. The van der Waals surface area contributed by atoms with E-state index in [1.165, 1.54) is 29.1 Å². The summed E-state index contributed by atoms with van der Waals surface area (Å²) in [6, 6.07) is 15.4. The van der Waals surface area contributed by atoms with Crippen LogP contribution >= 0.6 is 11.3 Å². The van der Waals surface area contributed by atoms with Crippen LogP contribution in [0.5, 0.6) is 5.75 Å². The lowest BCUT2D eigenvalue weighted by atomic mass is 9.94. The highest BCUT2D eigenvalue weighted by molar-refractivity contribution is 7.89. The van der Waals surface area contributed by atoms with Gasteiger partial charge in [0, 0.05) is 9.75 Å². The molecule has 3 aromatic rings. The minimum Gasteiger partial charge on any atom is -0.423 e. The number of primary sulfonamides is 1. The molecule has 0 saturated carbocycles. The third-order valence-corrected chi connectivity index (χ3v) is 7.04. The van der Waals surface area contributed by atoms with Crippen LogP contribution in [-0.4, -0.2) is 14.4 Å². The number of fused-ring (bicyclic) bond motifs is 1. The van der Waals surface area contributed by atoms with Crippen molar-refractivity contribution in [3.8, 4) is 16.2 Å². The van der Waals surface area contributed by atoms with Crippen molar-refractivity contribution in [1.29, 1.82) is 0 Å². The number of esters is 1. The largest absolute Gasteiger partial charge is 0.423 e. The normalized spacial score (nSPS) is 13.8. The Labute approximate surface area is 167 Å². The van der Waals surface area contributed by atoms with E-state index in [4.69, 9.17) is 9.88 Å². The molecule has 1 aliphatic carbocycles. The van der Waals surface area contributed by atoms with Gasteiger partial charge in [-0.15, -0.1) is 11.3 Å². The Kier molecular flexibility index (Phi) is 5.05. The number of carbonyl (C=O) groups excluding carboxylic acids is 1. The minimum absolute atomic E-state index is 0.0230. The zero-order valence-electron chi connectivity index (χ0n) is 15.1. The quantitative estimate of drug-likeness (QED) is 0.514. The van der Waals surface area contributed by atoms with Crippen LogP contribution in [-0.2, 0) is 22.9 Å². The predicted molar refractivity (Wildman–Crippen MR) is 109 cm³/mol. The molecule has 5 nitrogen and oxygen atoms in total. The third kappa shape index (κ3) is 3.73. The van der Waals surface area contributed by atoms with Gasteiger partial charge < -0.3 is 4.74 Å². The zero-order chi connectivity index (χ0) is 19.7. The van der Waals surface area contributed by atoms with Gasteiger partial charge in [-0.2, -0.15) is 0 Å². The summed E-state index contributed by atoms with van der Waals surface area (Å²) in [4.78, 5) is 15.2. The van der Waals surface area contributed by atoms with E-state index in [0.29, 0.717) is 5.56 Å². The van der Waals surface area contributed by atoms with Crippen LogP contribution in [0.25, 0.3) is 10.4 Å². The number of hydrogen-bond donors (Lipinski definition) is 1. The molecule has 0 atom stereocenters. The number of rotatable bonds is 4. The first-order chi connectivity index (χ1) is 13.4. The number of aryl methyl sites for hydroxylation is 1.